The molecule has 0 saturated heterocycles. The summed E-state index contributed by atoms with van der Waals surface area (Å²) in [5.41, 5.74) is 1.27. The van der Waals surface area contributed by atoms with Crippen LogP contribution >= 0.6 is 0 Å². The van der Waals surface area contributed by atoms with Crippen LogP contribution in [-0.4, -0.2) is 98.4 Å². The van der Waals surface area contributed by atoms with E-state index in [-0.39, 0.29) is 74.9 Å². The molecule has 1 aliphatic rings. The monoisotopic (exact) mass is 673 g/mol. The van der Waals surface area contributed by atoms with Gasteiger partial charge < -0.3 is 35.5 Å². The molecule has 1 aromatic carbocycles. The van der Waals surface area contributed by atoms with Gasteiger partial charge in [-0.3, -0.25) is 38.5 Å². The number of nitrogens with zero attached hydrogens (tertiary/aromatic N) is 1. The number of esters is 1. The van der Waals surface area contributed by atoms with E-state index in [1.165, 1.54) is 24.0 Å². The summed E-state index contributed by atoms with van der Waals surface area (Å²) >= 11 is 0. The van der Waals surface area contributed by atoms with Gasteiger partial charge in [0.05, 0.1) is 33.0 Å². The molecule has 0 bridgehead atoms. The third-order valence-electron chi connectivity index (χ3n) is 6.97. The number of carbonyl (C=O) groups is 7. The Morgan fingerprint density at radius 3 is 2.08 bits per heavy atom. The normalized spacial score (nSPS) is 13.0. The van der Waals surface area contributed by atoms with Gasteiger partial charge in [-0.1, -0.05) is 32.4 Å². The van der Waals surface area contributed by atoms with Crippen molar-refractivity contribution in [1.82, 2.24) is 20.9 Å². The maximum Gasteiger partial charge on any atom is 0.302 e. The summed E-state index contributed by atoms with van der Waals surface area (Å²) in [4.78, 5) is 84.4. The molecule has 15 heteroatoms. The van der Waals surface area contributed by atoms with Gasteiger partial charge in [0.15, 0.2) is 0 Å². The number of benzene rings is 1. The summed E-state index contributed by atoms with van der Waals surface area (Å²) in [5, 5.41) is 10.7. The first-order valence-electron chi connectivity index (χ1n) is 16.0. The standard InChI is InChI=1S/C33H47N5O10/c1-23(2)32(33(45)35-21-29(42)36-26-10-8-25(9-11-26)22-48-24(3)39)37-28(41)14-17-46-19-20-47-18-15-34-27(40)7-5-4-6-16-38-30(43)12-13-31(38)44/h8-13,23,32H,4-7,14-22H2,1-3H3,(H,34,40)(H,35,45)(H,36,42)(H,37,41). The van der Waals surface area contributed by atoms with Crippen LogP contribution in [0.15, 0.2) is 36.4 Å². The molecule has 6 amide bonds. The number of unbranched alkanes of at least 4 members (excludes halogenated alkanes) is 2. The summed E-state index contributed by atoms with van der Waals surface area (Å²) in [6.07, 6.45) is 4.90. The minimum atomic E-state index is -0.840. The molecule has 1 aromatic rings. The lowest BCUT2D eigenvalue weighted by molar-refractivity contribution is -0.142. The van der Waals surface area contributed by atoms with Crippen LogP contribution in [0.25, 0.3) is 0 Å². The average Bonchev–Trinajstić information content (AvgIpc) is 3.37. The summed E-state index contributed by atoms with van der Waals surface area (Å²) in [5.74, 6) is -2.62. The van der Waals surface area contributed by atoms with Crippen molar-refractivity contribution in [2.75, 3.05) is 51.4 Å². The van der Waals surface area contributed by atoms with Crippen LogP contribution in [0.2, 0.25) is 0 Å². The first kappa shape index (κ1) is 39.5. The number of hydrogen-bond donors (Lipinski definition) is 4. The number of anilines is 1. The number of carbonyl (C=O) groups excluding carboxylic acids is 7. The maximum atomic E-state index is 12.7. The van der Waals surface area contributed by atoms with E-state index in [1.54, 1.807) is 38.1 Å². The lowest BCUT2D eigenvalue weighted by Gasteiger charge is -2.21. The van der Waals surface area contributed by atoms with Crippen molar-refractivity contribution in [2.45, 2.75) is 65.5 Å². The van der Waals surface area contributed by atoms with E-state index < -0.39 is 17.9 Å². The highest BCUT2D eigenvalue weighted by Crippen LogP contribution is 2.11. The Hall–Kier alpha value is -4.63. The molecule has 264 valence electrons. The largest absolute Gasteiger partial charge is 0.461 e. The zero-order valence-corrected chi connectivity index (χ0v) is 27.8. The Bertz CT molecular complexity index is 1260. The maximum absolute atomic E-state index is 12.7. The second kappa shape index (κ2) is 22.0. The average molecular weight is 674 g/mol. The zero-order chi connectivity index (χ0) is 35.3. The van der Waals surface area contributed by atoms with Crippen molar-refractivity contribution >= 4 is 47.1 Å². The minimum Gasteiger partial charge on any atom is -0.461 e. The second-order valence-corrected chi connectivity index (χ2v) is 11.3. The van der Waals surface area contributed by atoms with Crippen LogP contribution in [0.5, 0.6) is 0 Å². The van der Waals surface area contributed by atoms with Gasteiger partial charge in [-0.05, 0) is 36.5 Å². The third-order valence-corrected chi connectivity index (χ3v) is 6.97. The number of hydrogen-bond acceptors (Lipinski definition) is 10. The molecular formula is C33H47N5O10. The molecule has 15 nitrogen and oxygen atoms in total. The summed E-state index contributed by atoms with van der Waals surface area (Å²) < 4.78 is 15.8. The molecule has 1 unspecified atom stereocenters. The van der Waals surface area contributed by atoms with Gasteiger partial charge in [-0.25, -0.2) is 0 Å². The van der Waals surface area contributed by atoms with Crippen LogP contribution in [0.4, 0.5) is 5.69 Å². The third kappa shape index (κ3) is 16.3. The van der Waals surface area contributed by atoms with Gasteiger partial charge in [0.25, 0.3) is 11.8 Å². The number of rotatable bonds is 23. The highest BCUT2D eigenvalue weighted by molar-refractivity contribution is 6.12. The lowest BCUT2D eigenvalue weighted by Crippen LogP contribution is -2.51. The number of imide groups is 1. The predicted octanol–water partition coefficient (Wildman–Crippen LogP) is 0.970. The molecule has 0 saturated carbocycles. The van der Waals surface area contributed by atoms with Crippen molar-refractivity contribution in [3.63, 3.8) is 0 Å². The molecule has 48 heavy (non-hydrogen) atoms. The summed E-state index contributed by atoms with van der Waals surface area (Å²) in [6.45, 7) is 6.36. The van der Waals surface area contributed by atoms with E-state index in [0.29, 0.717) is 44.6 Å². The molecule has 4 N–H and O–H groups in total. The van der Waals surface area contributed by atoms with Gasteiger partial charge in [0.1, 0.15) is 12.6 Å². The number of nitrogens with one attached hydrogen (secondary N) is 4. The van der Waals surface area contributed by atoms with E-state index in [1.807, 2.05) is 0 Å². The fraction of sp³-hybridized carbons (Fsp3) is 0.545. The molecule has 0 spiro atoms. The van der Waals surface area contributed by atoms with Gasteiger partial charge in [-0.15, -0.1) is 0 Å². The number of ether oxygens (including phenoxy) is 3. The van der Waals surface area contributed by atoms with Crippen LogP contribution in [-0.2, 0) is 54.4 Å². The fourth-order valence-electron chi connectivity index (χ4n) is 4.35. The molecule has 0 radical (unpaired) electrons. The van der Waals surface area contributed by atoms with Crippen molar-refractivity contribution < 1.29 is 47.8 Å². The topological polar surface area (TPSA) is 199 Å². The Balaban J connectivity index is 1.49. The minimum absolute atomic E-state index is 0.0298. The molecule has 1 atom stereocenters. The van der Waals surface area contributed by atoms with Crippen LogP contribution in [0, 0.1) is 5.92 Å². The second-order valence-electron chi connectivity index (χ2n) is 11.3. The van der Waals surface area contributed by atoms with Crippen molar-refractivity contribution in [3.05, 3.63) is 42.0 Å². The van der Waals surface area contributed by atoms with Crippen molar-refractivity contribution in [3.8, 4) is 0 Å². The predicted molar refractivity (Wildman–Crippen MR) is 174 cm³/mol. The van der Waals surface area contributed by atoms with E-state index in [2.05, 4.69) is 21.3 Å². The van der Waals surface area contributed by atoms with Crippen molar-refractivity contribution in [1.29, 1.82) is 0 Å². The van der Waals surface area contributed by atoms with E-state index in [9.17, 15) is 33.6 Å². The molecule has 0 aliphatic carbocycles. The van der Waals surface area contributed by atoms with Gasteiger partial charge in [0, 0.05) is 50.7 Å². The quantitative estimate of drug-likeness (QED) is 0.0738. The smallest absolute Gasteiger partial charge is 0.302 e. The molecule has 1 aliphatic heterocycles. The Kier molecular flexibility index (Phi) is 18.2. The zero-order valence-electron chi connectivity index (χ0n) is 27.8. The molecule has 2 rings (SSSR count). The van der Waals surface area contributed by atoms with Gasteiger partial charge in [-0.2, -0.15) is 0 Å². The highest BCUT2D eigenvalue weighted by Gasteiger charge is 2.24. The first-order chi connectivity index (χ1) is 23.0. The summed E-state index contributed by atoms with van der Waals surface area (Å²) in [7, 11) is 0. The van der Waals surface area contributed by atoms with E-state index in [0.717, 1.165) is 12.0 Å². The van der Waals surface area contributed by atoms with Gasteiger partial charge in [0.2, 0.25) is 23.6 Å². The highest BCUT2D eigenvalue weighted by atomic mass is 16.5. The molecular weight excluding hydrogens is 626 g/mol. The molecule has 1 heterocycles. The van der Waals surface area contributed by atoms with Crippen LogP contribution in [0.1, 0.15) is 58.4 Å². The molecule has 0 aromatic heterocycles. The van der Waals surface area contributed by atoms with Crippen molar-refractivity contribution in [2.24, 2.45) is 5.92 Å². The van der Waals surface area contributed by atoms with Crippen LogP contribution in [0.3, 0.4) is 0 Å². The Morgan fingerprint density at radius 2 is 1.44 bits per heavy atom. The molecule has 0 fully saturated rings. The Labute approximate surface area is 280 Å². The van der Waals surface area contributed by atoms with Gasteiger partial charge >= 0.3 is 5.97 Å². The lowest BCUT2D eigenvalue weighted by atomic mass is 10.0. The van der Waals surface area contributed by atoms with Crippen LogP contribution < -0.4 is 21.3 Å². The van der Waals surface area contributed by atoms with E-state index in [4.69, 9.17) is 14.2 Å². The summed E-state index contributed by atoms with van der Waals surface area (Å²) in [6, 6.07) is 5.89. The fourth-order valence-corrected chi connectivity index (χ4v) is 4.35. The van der Waals surface area contributed by atoms with E-state index >= 15 is 0 Å². The number of amides is 6. The Morgan fingerprint density at radius 1 is 0.771 bits per heavy atom. The first-order valence-corrected chi connectivity index (χ1v) is 16.0. The SMILES string of the molecule is CC(=O)OCc1ccc(NC(=O)CNC(=O)C(NC(=O)CCOCCOCCNC(=O)CCCCCN2C(=O)C=CC2=O)C(C)C)cc1.